The second-order valence-corrected chi connectivity index (χ2v) is 6.44. The fraction of sp³-hybridized carbons (Fsp3) is 0.438. The van der Waals surface area contributed by atoms with Crippen molar-refractivity contribution in [1.29, 1.82) is 0 Å². The van der Waals surface area contributed by atoms with E-state index in [1.54, 1.807) is 18.4 Å². The van der Waals surface area contributed by atoms with Gasteiger partial charge in [0.2, 0.25) is 0 Å². The Morgan fingerprint density at radius 1 is 1.20 bits per heavy atom. The van der Waals surface area contributed by atoms with E-state index >= 15 is 0 Å². The summed E-state index contributed by atoms with van der Waals surface area (Å²) in [6, 6.07) is 8.19. The van der Waals surface area contributed by atoms with Crippen LogP contribution in [0.5, 0.6) is 5.75 Å². The highest BCUT2D eigenvalue weighted by molar-refractivity contribution is 7.11. The van der Waals surface area contributed by atoms with Gasteiger partial charge in [-0.25, -0.2) is 4.98 Å². The molecule has 2 N–H and O–H groups in total. The quantitative estimate of drug-likeness (QED) is 0.909. The summed E-state index contributed by atoms with van der Waals surface area (Å²) in [6.45, 7) is 6.35. The smallest absolute Gasteiger partial charge is 0.118 e. The normalized spacial score (nSPS) is 12.7. The molecular weight excluding hydrogens is 268 g/mol. The predicted molar refractivity (Wildman–Crippen MR) is 84.6 cm³/mol. The van der Waals surface area contributed by atoms with E-state index in [4.69, 9.17) is 15.5 Å². The Bertz CT molecular complexity index is 533. The largest absolute Gasteiger partial charge is 0.497 e. The molecule has 0 spiro atoms. The molecule has 0 saturated heterocycles. The summed E-state index contributed by atoms with van der Waals surface area (Å²) < 4.78 is 5.18. The van der Waals surface area contributed by atoms with Gasteiger partial charge < -0.3 is 10.5 Å². The van der Waals surface area contributed by atoms with Gasteiger partial charge in [0.25, 0.3) is 0 Å². The zero-order valence-electron chi connectivity index (χ0n) is 12.5. The molecule has 0 aliphatic heterocycles. The van der Waals surface area contributed by atoms with Crippen molar-refractivity contribution < 1.29 is 4.74 Å². The Labute approximate surface area is 124 Å². The Kier molecular flexibility index (Phi) is 4.78. The van der Waals surface area contributed by atoms with Gasteiger partial charge in [-0.05, 0) is 30.5 Å². The third-order valence-electron chi connectivity index (χ3n) is 3.20. The molecule has 1 unspecified atom stereocenters. The summed E-state index contributed by atoms with van der Waals surface area (Å²) in [6.07, 6.45) is 0.848. The lowest BCUT2D eigenvalue weighted by Gasteiger charge is -2.07. The maximum Gasteiger partial charge on any atom is 0.118 e. The Balaban J connectivity index is 2.22. The van der Waals surface area contributed by atoms with Crippen LogP contribution in [0.25, 0.3) is 0 Å². The number of methoxy groups -OCH3 is 1. The lowest BCUT2D eigenvalue weighted by Crippen LogP contribution is -2.06. The molecule has 1 aromatic heterocycles. The van der Waals surface area contributed by atoms with E-state index < -0.39 is 0 Å². The van der Waals surface area contributed by atoms with E-state index in [0.717, 1.165) is 22.9 Å². The van der Waals surface area contributed by atoms with E-state index in [1.165, 1.54) is 10.4 Å². The minimum Gasteiger partial charge on any atom is -0.497 e. The van der Waals surface area contributed by atoms with Crippen LogP contribution in [0, 0.1) is 0 Å². The average molecular weight is 290 g/mol. The van der Waals surface area contributed by atoms with Crippen LogP contribution in [-0.2, 0) is 6.42 Å². The molecule has 0 saturated carbocycles. The fourth-order valence-corrected chi connectivity index (χ4v) is 3.33. The summed E-state index contributed by atoms with van der Waals surface area (Å²) in [4.78, 5) is 5.99. The molecule has 1 heterocycles. The third kappa shape index (κ3) is 3.38. The van der Waals surface area contributed by atoms with Crippen molar-refractivity contribution >= 4 is 11.3 Å². The number of hydrogen-bond donors (Lipinski definition) is 1. The monoisotopic (exact) mass is 290 g/mol. The van der Waals surface area contributed by atoms with Crippen molar-refractivity contribution in [2.45, 2.75) is 39.2 Å². The maximum absolute atomic E-state index is 6.05. The first-order valence-corrected chi connectivity index (χ1v) is 7.71. The standard InChI is InChI=1S/C16H22N2OS/c1-10(2)15-16(11(3)17)20-14(18-15)9-12-5-7-13(19-4)8-6-12/h5-8,10-11H,9,17H2,1-4H3. The first-order chi connectivity index (χ1) is 9.51. The van der Waals surface area contributed by atoms with Crippen LogP contribution in [-0.4, -0.2) is 12.1 Å². The number of hydrogen-bond acceptors (Lipinski definition) is 4. The van der Waals surface area contributed by atoms with Gasteiger partial charge in [0.05, 0.1) is 17.8 Å². The van der Waals surface area contributed by atoms with Gasteiger partial charge in [0.15, 0.2) is 0 Å². The van der Waals surface area contributed by atoms with Gasteiger partial charge in [-0.3, -0.25) is 0 Å². The first kappa shape index (κ1) is 15.0. The zero-order valence-corrected chi connectivity index (χ0v) is 13.3. The SMILES string of the molecule is COc1ccc(Cc2nc(C(C)C)c(C(C)N)s2)cc1. The lowest BCUT2D eigenvalue weighted by molar-refractivity contribution is 0.414. The van der Waals surface area contributed by atoms with Crippen LogP contribution < -0.4 is 10.5 Å². The molecule has 3 nitrogen and oxygen atoms in total. The lowest BCUT2D eigenvalue weighted by atomic mass is 10.1. The third-order valence-corrected chi connectivity index (χ3v) is 4.47. The fourth-order valence-electron chi connectivity index (χ4n) is 2.12. The van der Waals surface area contributed by atoms with Gasteiger partial charge >= 0.3 is 0 Å². The first-order valence-electron chi connectivity index (χ1n) is 6.89. The van der Waals surface area contributed by atoms with Crippen LogP contribution in [0.15, 0.2) is 24.3 Å². The number of nitrogens with zero attached hydrogens (tertiary/aromatic N) is 1. The van der Waals surface area contributed by atoms with Crippen LogP contribution in [0.1, 0.15) is 53.9 Å². The van der Waals surface area contributed by atoms with E-state index in [-0.39, 0.29) is 6.04 Å². The van der Waals surface area contributed by atoms with Crippen molar-refractivity contribution in [2.24, 2.45) is 5.73 Å². The van der Waals surface area contributed by atoms with Crippen LogP contribution >= 0.6 is 11.3 Å². The molecule has 1 aromatic carbocycles. The molecular formula is C16H22N2OS. The van der Waals surface area contributed by atoms with Gasteiger partial charge in [-0.1, -0.05) is 26.0 Å². The molecule has 0 fully saturated rings. The molecule has 0 radical (unpaired) electrons. The summed E-state index contributed by atoms with van der Waals surface area (Å²) in [5.74, 6) is 1.30. The highest BCUT2D eigenvalue weighted by Crippen LogP contribution is 2.30. The molecule has 0 amide bonds. The van der Waals surface area contributed by atoms with Crippen LogP contribution in [0.4, 0.5) is 0 Å². The molecule has 0 aliphatic rings. The molecule has 108 valence electrons. The molecule has 0 bridgehead atoms. The highest BCUT2D eigenvalue weighted by atomic mass is 32.1. The van der Waals surface area contributed by atoms with Crippen molar-refractivity contribution in [3.05, 3.63) is 45.4 Å². The van der Waals surface area contributed by atoms with E-state index in [0.29, 0.717) is 5.92 Å². The van der Waals surface area contributed by atoms with E-state index in [2.05, 4.69) is 26.0 Å². The summed E-state index contributed by atoms with van der Waals surface area (Å²) >= 11 is 1.73. The topological polar surface area (TPSA) is 48.1 Å². The van der Waals surface area contributed by atoms with E-state index in [1.807, 2.05) is 19.1 Å². The number of rotatable bonds is 5. The highest BCUT2D eigenvalue weighted by Gasteiger charge is 2.17. The number of nitrogens with two attached hydrogens (primary N) is 1. The van der Waals surface area contributed by atoms with Gasteiger partial charge in [-0.2, -0.15) is 0 Å². The minimum absolute atomic E-state index is 0.0505. The summed E-state index contributed by atoms with van der Waals surface area (Å²) in [5, 5.41) is 1.13. The predicted octanol–water partition coefficient (Wildman–Crippen LogP) is 3.89. The van der Waals surface area contributed by atoms with Crippen LogP contribution in [0.3, 0.4) is 0 Å². The van der Waals surface area contributed by atoms with Gasteiger partial charge in [0.1, 0.15) is 5.75 Å². The second kappa shape index (κ2) is 6.37. The van der Waals surface area contributed by atoms with E-state index in [9.17, 15) is 0 Å². The number of aromatic nitrogens is 1. The number of ether oxygens (including phenoxy) is 1. The molecule has 0 aliphatic carbocycles. The minimum atomic E-state index is 0.0505. The maximum atomic E-state index is 6.05. The van der Waals surface area contributed by atoms with Crippen molar-refractivity contribution in [3.8, 4) is 5.75 Å². The zero-order chi connectivity index (χ0) is 14.7. The molecule has 4 heteroatoms. The Morgan fingerprint density at radius 2 is 1.85 bits per heavy atom. The average Bonchev–Trinajstić information content (AvgIpc) is 2.84. The summed E-state index contributed by atoms with van der Waals surface area (Å²) in [5.41, 5.74) is 8.44. The Morgan fingerprint density at radius 3 is 2.30 bits per heavy atom. The molecule has 2 rings (SSSR count). The van der Waals surface area contributed by atoms with Crippen molar-refractivity contribution in [3.63, 3.8) is 0 Å². The molecule has 2 aromatic rings. The molecule has 20 heavy (non-hydrogen) atoms. The van der Waals surface area contributed by atoms with Gasteiger partial charge in [-0.15, -0.1) is 11.3 Å². The number of benzene rings is 1. The molecule has 1 atom stereocenters. The second-order valence-electron chi connectivity index (χ2n) is 5.33. The van der Waals surface area contributed by atoms with Gasteiger partial charge in [0, 0.05) is 17.3 Å². The number of thiazole rings is 1. The summed E-state index contributed by atoms with van der Waals surface area (Å²) in [7, 11) is 1.68. The van der Waals surface area contributed by atoms with Crippen LogP contribution in [0.2, 0.25) is 0 Å². The van der Waals surface area contributed by atoms with Crippen molar-refractivity contribution in [1.82, 2.24) is 4.98 Å². The van der Waals surface area contributed by atoms with Crippen molar-refractivity contribution in [2.75, 3.05) is 7.11 Å². The Hall–Kier alpha value is -1.39.